The molecule has 0 radical (unpaired) electrons. The third-order valence-electron chi connectivity index (χ3n) is 2.59. The minimum absolute atomic E-state index is 0.888. The Bertz CT molecular complexity index is 662. The van der Waals surface area contributed by atoms with E-state index in [-0.39, 0.29) is 0 Å². The Balaban J connectivity index is 2.14. The van der Waals surface area contributed by atoms with E-state index in [1.807, 2.05) is 36.4 Å². The number of hydrogen-bond acceptors (Lipinski definition) is 2. The Morgan fingerprint density at radius 1 is 0.824 bits per heavy atom. The molecule has 0 fully saturated rings. The van der Waals surface area contributed by atoms with E-state index in [9.17, 15) is 0 Å². The van der Waals surface area contributed by atoms with E-state index in [0.29, 0.717) is 0 Å². The van der Waals surface area contributed by atoms with Gasteiger partial charge in [-0.05, 0) is 40.2 Å². The molecule has 3 heteroatoms. The normalized spacial score (nSPS) is 10.6. The zero-order valence-corrected chi connectivity index (χ0v) is 10.6. The van der Waals surface area contributed by atoms with Crippen LogP contribution in [0.1, 0.15) is 0 Å². The lowest BCUT2D eigenvalue weighted by molar-refractivity contribution is 1.26. The van der Waals surface area contributed by atoms with Gasteiger partial charge in [-0.3, -0.25) is 4.98 Å². The number of nitrogens with zero attached hydrogens (tertiary/aromatic N) is 2. The molecule has 0 saturated heterocycles. The van der Waals surface area contributed by atoms with Crippen LogP contribution in [0.5, 0.6) is 0 Å². The Morgan fingerprint density at radius 2 is 1.65 bits per heavy atom. The summed E-state index contributed by atoms with van der Waals surface area (Å²) in [6.07, 6.45) is 1.78. The van der Waals surface area contributed by atoms with E-state index >= 15 is 0 Å². The summed E-state index contributed by atoms with van der Waals surface area (Å²) in [7, 11) is 0. The van der Waals surface area contributed by atoms with Gasteiger partial charge in [0.15, 0.2) is 0 Å². The molecule has 0 aliphatic rings. The number of fused-ring (bicyclic) bond motifs is 1. The predicted octanol–water partition coefficient (Wildman–Crippen LogP) is 4.06. The Morgan fingerprint density at radius 3 is 2.47 bits per heavy atom. The Hall–Kier alpha value is -1.74. The average molecular weight is 285 g/mol. The van der Waals surface area contributed by atoms with Crippen LogP contribution in [0.3, 0.4) is 0 Å². The second kappa shape index (κ2) is 4.26. The van der Waals surface area contributed by atoms with Gasteiger partial charge in [-0.2, -0.15) is 0 Å². The second-order valence-corrected chi connectivity index (χ2v) is 4.67. The van der Waals surface area contributed by atoms with Crippen LogP contribution in [0.2, 0.25) is 0 Å². The highest BCUT2D eigenvalue weighted by atomic mass is 79.9. The maximum absolute atomic E-state index is 4.60. The standard InChI is InChI=1S/C14H9BrN2/c15-11-6-8-13(16-9-11)14-7-5-10-3-1-2-4-12(10)17-14/h1-9H. The number of hydrogen-bond donors (Lipinski definition) is 0. The first-order valence-corrected chi connectivity index (χ1v) is 6.10. The molecule has 0 aliphatic heterocycles. The summed E-state index contributed by atoms with van der Waals surface area (Å²) >= 11 is 3.37. The van der Waals surface area contributed by atoms with Crippen LogP contribution in [0, 0.1) is 0 Å². The van der Waals surface area contributed by atoms with E-state index in [0.717, 1.165) is 26.8 Å². The Kier molecular flexibility index (Phi) is 2.61. The summed E-state index contributed by atoms with van der Waals surface area (Å²) in [5.74, 6) is 0. The van der Waals surface area contributed by atoms with E-state index in [1.54, 1.807) is 6.20 Å². The van der Waals surface area contributed by atoms with Gasteiger partial charge in [-0.15, -0.1) is 0 Å². The van der Waals surface area contributed by atoms with Gasteiger partial charge in [0.05, 0.1) is 16.9 Å². The van der Waals surface area contributed by atoms with Gasteiger partial charge in [0.1, 0.15) is 0 Å². The lowest BCUT2D eigenvalue weighted by Gasteiger charge is -2.02. The topological polar surface area (TPSA) is 25.8 Å². The molecule has 3 rings (SSSR count). The highest BCUT2D eigenvalue weighted by molar-refractivity contribution is 9.10. The highest BCUT2D eigenvalue weighted by Crippen LogP contribution is 2.20. The summed E-state index contributed by atoms with van der Waals surface area (Å²) in [6, 6.07) is 16.1. The Labute approximate surface area is 107 Å². The number of rotatable bonds is 1. The molecular formula is C14H9BrN2. The van der Waals surface area contributed by atoms with Gasteiger partial charge in [-0.1, -0.05) is 24.3 Å². The molecule has 0 amide bonds. The molecule has 17 heavy (non-hydrogen) atoms. The number of para-hydroxylation sites is 1. The maximum Gasteiger partial charge on any atom is 0.0893 e. The van der Waals surface area contributed by atoms with Gasteiger partial charge in [0, 0.05) is 16.1 Å². The molecule has 82 valence electrons. The van der Waals surface area contributed by atoms with Crippen molar-refractivity contribution in [2.45, 2.75) is 0 Å². The van der Waals surface area contributed by atoms with Crippen LogP contribution in [-0.4, -0.2) is 9.97 Å². The van der Waals surface area contributed by atoms with Crippen LogP contribution < -0.4 is 0 Å². The molecule has 0 aliphatic carbocycles. The van der Waals surface area contributed by atoms with Crippen molar-refractivity contribution >= 4 is 26.8 Å². The number of pyridine rings is 2. The van der Waals surface area contributed by atoms with Crippen LogP contribution >= 0.6 is 15.9 Å². The molecule has 3 aromatic rings. The van der Waals surface area contributed by atoms with Crippen molar-refractivity contribution in [3.63, 3.8) is 0 Å². The van der Waals surface area contributed by atoms with Crippen molar-refractivity contribution in [2.75, 3.05) is 0 Å². The maximum atomic E-state index is 4.60. The summed E-state index contributed by atoms with van der Waals surface area (Å²) in [5.41, 5.74) is 2.78. The molecule has 0 unspecified atom stereocenters. The zero-order chi connectivity index (χ0) is 11.7. The van der Waals surface area contributed by atoms with Crippen molar-refractivity contribution in [1.29, 1.82) is 0 Å². The first kappa shape index (κ1) is 10.4. The van der Waals surface area contributed by atoms with E-state index < -0.39 is 0 Å². The van der Waals surface area contributed by atoms with Crippen LogP contribution in [0.15, 0.2) is 59.2 Å². The van der Waals surface area contributed by atoms with Gasteiger partial charge < -0.3 is 0 Å². The second-order valence-electron chi connectivity index (χ2n) is 3.75. The number of aromatic nitrogens is 2. The molecule has 2 nitrogen and oxygen atoms in total. The van der Waals surface area contributed by atoms with Gasteiger partial charge in [0.25, 0.3) is 0 Å². The zero-order valence-electron chi connectivity index (χ0n) is 8.97. The predicted molar refractivity (Wildman–Crippen MR) is 72.7 cm³/mol. The summed E-state index contributed by atoms with van der Waals surface area (Å²) in [4.78, 5) is 8.94. The van der Waals surface area contributed by atoms with E-state index in [2.05, 4.69) is 38.0 Å². The lowest BCUT2D eigenvalue weighted by Crippen LogP contribution is -1.87. The molecule has 0 atom stereocenters. The molecule has 2 heterocycles. The first-order valence-electron chi connectivity index (χ1n) is 5.31. The SMILES string of the molecule is Brc1ccc(-c2ccc3ccccc3n2)nc1. The van der Waals surface area contributed by atoms with Crippen molar-refractivity contribution in [2.24, 2.45) is 0 Å². The molecular weight excluding hydrogens is 276 g/mol. The minimum atomic E-state index is 0.888. The van der Waals surface area contributed by atoms with Crippen LogP contribution in [-0.2, 0) is 0 Å². The first-order chi connectivity index (χ1) is 8.33. The third-order valence-corrected chi connectivity index (χ3v) is 3.06. The largest absolute Gasteiger partial charge is 0.253 e. The lowest BCUT2D eigenvalue weighted by atomic mass is 10.2. The van der Waals surface area contributed by atoms with Crippen molar-refractivity contribution in [3.05, 3.63) is 59.2 Å². The summed E-state index contributed by atoms with van der Waals surface area (Å²) in [6.45, 7) is 0. The fourth-order valence-electron chi connectivity index (χ4n) is 1.74. The number of benzene rings is 1. The fraction of sp³-hybridized carbons (Fsp3) is 0. The molecule has 0 saturated carbocycles. The summed E-state index contributed by atoms with van der Waals surface area (Å²) in [5, 5.41) is 1.15. The van der Waals surface area contributed by atoms with Crippen LogP contribution in [0.25, 0.3) is 22.3 Å². The monoisotopic (exact) mass is 284 g/mol. The quantitative estimate of drug-likeness (QED) is 0.673. The molecule has 0 N–H and O–H groups in total. The smallest absolute Gasteiger partial charge is 0.0893 e. The highest BCUT2D eigenvalue weighted by Gasteiger charge is 2.02. The number of halogens is 1. The van der Waals surface area contributed by atoms with Gasteiger partial charge in [-0.25, -0.2) is 4.98 Å². The van der Waals surface area contributed by atoms with Crippen LogP contribution in [0.4, 0.5) is 0 Å². The van der Waals surface area contributed by atoms with Crippen molar-refractivity contribution < 1.29 is 0 Å². The van der Waals surface area contributed by atoms with Gasteiger partial charge >= 0.3 is 0 Å². The van der Waals surface area contributed by atoms with E-state index in [4.69, 9.17) is 0 Å². The minimum Gasteiger partial charge on any atom is -0.253 e. The van der Waals surface area contributed by atoms with Crippen molar-refractivity contribution in [3.8, 4) is 11.4 Å². The summed E-state index contributed by atoms with van der Waals surface area (Å²) < 4.78 is 0.974. The molecule has 0 bridgehead atoms. The van der Waals surface area contributed by atoms with E-state index in [1.165, 1.54) is 0 Å². The average Bonchev–Trinajstić information content (AvgIpc) is 2.39. The fourth-order valence-corrected chi connectivity index (χ4v) is 1.97. The van der Waals surface area contributed by atoms with Crippen molar-refractivity contribution in [1.82, 2.24) is 9.97 Å². The molecule has 2 aromatic heterocycles. The molecule has 1 aromatic carbocycles. The molecule has 0 spiro atoms. The van der Waals surface area contributed by atoms with Gasteiger partial charge in [0.2, 0.25) is 0 Å². The third kappa shape index (κ3) is 2.06.